The molecule has 1 heterocycles. The van der Waals surface area contributed by atoms with Crippen LogP contribution in [0, 0.1) is 16.7 Å². The van der Waals surface area contributed by atoms with E-state index in [1.165, 1.54) is 5.56 Å². The topological polar surface area (TPSA) is 45.5 Å². The molecule has 0 bridgehead atoms. The average Bonchev–Trinajstić information content (AvgIpc) is 2.61. The van der Waals surface area contributed by atoms with Crippen molar-refractivity contribution in [3.8, 4) is 6.07 Å². The third-order valence-corrected chi connectivity index (χ3v) is 5.31. The van der Waals surface area contributed by atoms with Crippen molar-refractivity contribution >= 4 is 0 Å². The summed E-state index contributed by atoms with van der Waals surface area (Å²) >= 11 is 0. The molecule has 1 aliphatic heterocycles. The molecule has 1 unspecified atom stereocenters. The Balaban J connectivity index is 1.90. The van der Waals surface area contributed by atoms with E-state index in [1.807, 2.05) is 0 Å². The molecule has 0 radical (unpaired) electrons. The fourth-order valence-electron chi connectivity index (χ4n) is 4.01. The zero-order valence-corrected chi connectivity index (χ0v) is 17.5. The van der Waals surface area contributed by atoms with Crippen molar-refractivity contribution in [2.24, 2.45) is 5.41 Å². The van der Waals surface area contributed by atoms with Gasteiger partial charge in [0.2, 0.25) is 0 Å². The zero-order chi connectivity index (χ0) is 19.8. The summed E-state index contributed by atoms with van der Waals surface area (Å²) < 4.78 is 11.6. The van der Waals surface area contributed by atoms with Crippen LogP contribution in [0.3, 0.4) is 0 Å². The highest BCUT2D eigenvalue weighted by molar-refractivity contribution is 5.14. The van der Waals surface area contributed by atoms with Crippen molar-refractivity contribution in [1.82, 2.24) is 4.90 Å². The lowest BCUT2D eigenvalue weighted by molar-refractivity contribution is -0.0917. The van der Waals surface area contributed by atoms with Gasteiger partial charge in [-0.3, -0.25) is 4.90 Å². The van der Waals surface area contributed by atoms with Crippen molar-refractivity contribution in [1.29, 1.82) is 5.26 Å². The summed E-state index contributed by atoms with van der Waals surface area (Å²) in [6.45, 7) is 12.6. The standard InChI is InChI=1S/C23H36N2O2/c1-20(2)26-16-14-25(17-21-9-6-5-7-10-21)13-8-11-23(19-24)12-15-27-22(3,4)18-23/h5-7,9-10,20H,8,11-18H2,1-4H3. The molecule has 4 heteroatoms. The maximum atomic E-state index is 9.84. The summed E-state index contributed by atoms with van der Waals surface area (Å²) in [4.78, 5) is 2.45. The van der Waals surface area contributed by atoms with Crippen LogP contribution in [-0.2, 0) is 16.0 Å². The van der Waals surface area contributed by atoms with Crippen molar-refractivity contribution in [3.05, 3.63) is 35.9 Å². The SMILES string of the molecule is CC(C)OCCN(CCCC1(C#N)CCOC(C)(C)C1)Cc1ccccc1. The van der Waals surface area contributed by atoms with Gasteiger partial charge in [0.15, 0.2) is 0 Å². The molecule has 4 nitrogen and oxygen atoms in total. The van der Waals surface area contributed by atoms with Gasteiger partial charge in [0.25, 0.3) is 0 Å². The number of rotatable bonds is 10. The molecule has 1 aromatic rings. The van der Waals surface area contributed by atoms with Crippen molar-refractivity contribution in [2.45, 2.75) is 71.6 Å². The number of benzene rings is 1. The molecular formula is C23H36N2O2. The van der Waals surface area contributed by atoms with Gasteiger partial charge in [-0.1, -0.05) is 30.3 Å². The Morgan fingerprint density at radius 3 is 2.59 bits per heavy atom. The van der Waals surface area contributed by atoms with Crippen LogP contribution in [0.15, 0.2) is 30.3 Å². The number of hydrogen-bond acceptors (Lipinski definition) is 4. The van der Waals surface area contributed by atoms with Gasteiger partial charge in [-0.25, -0.2) is 0 Å². The first-order chi connectivity index (χ1) is 12.8. The number of nitriles is 1. The maximum absolute atomic E-state index is 9.84. The number of hydrogen-bond donors (Lipinski definition) is 0. The van der Waals surface area contributed by atoms with E-state index >= 15 is 0 Å². The Bertz CT molecular complexity index is 594. The van der Waals surface area contributed by atoms with Crippen LogP contribution >= 0.6 is 0 Å². The van der Waals surface area contributed by atoms with Gasteiger partial charge in [-0.15, -0.1) is 0 Å². The molecule has 0 spiro atoms. The van der Waals surface area contributed by atoms with E-state index in [1.54, 1.807) is 0 Å². The van der Waals surface area contributed by atoms with Crippen LogP contribution in [0.4, 0.5) is 0 Å². The van der Waals surface area contributed by atoms with Crippen LogP contribution < -0.4 is 0 Å². The van der Waals surface area contributed by atoms with Crippen molar-refractivity contribution in [3.63, 3.8) is 0 Å². The lowest BCUT2D eigenvalue weighted by Gasteiger charge is -2.41. The van der Waals surface area contributed by atoms with E-state index in [9.17, 15) is 5.26 Å². The molecule has 1 fully saturated rings. The average molecular weight is 373 g/mol. The third-order valence-electron chi connectivity index (χ3n) is 5.31. The van der Waals surface area contributed by atoms with Gasteiger partial charge < -0.3 is 9.47 Å². The zero-order valence-electron chi connectivity index (χ0n) is 17.5. The van der Waals surface area contributed by atoms with E-state index < -0.39 is 0 Å². The molecule has 0 aromatic heterocycles. The molecule has 27 heavy (non-hydrogen) atoms. The molecule has 2 rings (SSSR count). The number of ether oxygens (including phenoxy) is 2. The molecule has 0 amide bonds. The van der Waals surface area contributed by atoms with E-state index in [4.69, 9.17) is 9.47 Å². The first kappa shape index (κ1) is 21.9. The minimum absolute atomic E-state index is 0.192. The summed E-state index contributed by atoms with van der Waals surface area (Å²) in [7, 11) is 0. The summed E-state index contributed by atoms with van der Waals surface area (Å²) in [5.41, 5.74) is 0.890. The Labute approximate surface area is 165 Å². The fraction of sp³-hybridized carbons (Fsp3) is 0.696. The van der Waals surface area contributed by atoms with E-state index in [-0.39, 0.29) is 17.1 Å². The fourth-order valence-corrected chi connectivity index (χ4v) is 4.01. The van der Waals surface area contributed by atoms with Crippen LogP contribution in [0.5, 0.6) is 0 Å². The smallest absolute Gasteiger partial charge is 0.0691 e. The first-order valence-electron chi connectivity index (χ1n) is 10.3. The highest BCUT2D eigenvalue weighted by Crippen LogP contribution is 2.41. The maximum Gasteiger partial charge on any atom is 0.0691 e. The van der Waals surface area contributed by atoms with Gasteiger partial charge in [0.1, 0.15) is 0 Å². The predicted octanol–water partition coefficient (Wildman–Crippen LogP) is 4.79. The van der Waals surface area contributed by atoms with Gasteiger partial charge in [0.05, 0.1) is 29.8 Å². The Morgan fingerprint density at radius 1 is 1.22 bits per heavy atom. The largest absolute Gasteiger partial charge is 0.377 e. The van der Waals surface area contributed by atoms with E-state index in [2.05, 4.69) is 69.0 Å². The molecule has 0 saturated carbocycles. The van der Waals surface area contributed by atoms with Crippen LogP contribution in [0.2, 0.25) is 0 Å². The molecule has 0 N–H and O–H groups in total. The lowest BCUT2D eigenvalue weighted by atomic mass is 9.72. The van der Waals surface area contributed by atoms with Gasteiger partial charge >= 0.3 is 0 Å². The van der Waals surface area contributed by atoms with E-state index in [0.717, 1.165) is 51.9 Å². The summed E-state index contributed by atoms with van der Waals surface area (Å²) in [5, 5.41) is 9.84. The highest BCUT2D eigenvalue weighted by atomic mass is 16.5. The Morgan fingerprint density at radius 2 is 1.96 bits per heavy atom. The predicted molar refractivity (Wildman–Crippen MR) is 109 cm³/mol. The lowest BCUT2D eigenvalue weighted by Crippen LogP contribution is -2.41. The van der Waals surface area contributed by atoms with Crippen LogP contribution in [0.25, 0.3) is 0 Å². The molecule has 1 atom stereocenters. The van der Waals surface area contributed by atoms with E-state index in [0.29, 0.717) is 6.61 Å². The quantitative estimate of drug-likeness (QED) is 0.592. The van der Waals surface area contributed by atoms with Gasteiger partial charge in [-0.05, 0) is 65.5 Å². The number of nitrogens with zero attached hydrogens (tertiary/aromatic N) is 2. The van der Waals surface area contributed by atoms with Crippen LogP contribution in [-0.4, -0.2) is 42.9 Å². The minimum Gasteiger partial charge on any atom is -0.377 e. The highest BCUT2D eigenvalue weighted by Gasteiger charge is 2.40. The normalized spacial score (nSPS) is 22.1. The minimum atomic E-state index is -0.241. The molecular weight excluding hydrogens is 336 g/mol. The summed E-state index contributed by atoms with van der Waals surface area (Å²) in [6.07, 6.45) is 3.90. The van der Waals surface area contributed by atoms with Crippen molar-refractivity contribution in [2.75, 3.05) is 26.3 Å². The van der Waals surface area contributed by atoms with Gasteiger partial charge in [0, 0.05) is 19.7 Å². The Kier molecular flexibility index (Phi) is 8.28. The third kappa shape index (κ3) is 7.62. The second-order valence-corrected chi connectivity index (χ2v) is 8.71. The first-order valence-corrected chi connectivity index (χ1v) is 10.3. The van der Waals surface area contributed by atoms with Crippen LogP contribution in [0.1, 0.15) is 58.9 Å². The molecule has 1 aromatic carbocycles. The second-order valence-electron chi connectivity index (χ2n) is 8.71. The monoisotopic (exact) mass is 372 g/mol. The van der Waals surface area contributed by atoms with Gasteiger partial charge in [-0.2, -0.15) is 5.26 Å². The molecule has 1 saturated heterocycles. The molecule has 150 valence electrons. The summed E-state index contributed by atoms with van der Waals surface area (Å²) in [5.74, 6) is 0. The summed E-state index contributed by atoms with van der Waals surface area (Å²) in [6, 6.07) is 13.2. The second kappa shape index (κ2) is 10.2. The Hall–Kier alpha value is -1.41. The molecule has 0 aliphatic carbocycles. The molecule has 1 aliphatic rings. The van der Waals surface area contributed by atoms with Crippen molar-refractivity contribution < 1.29 is 9.47 Å².